The molecule has 0 amide bonds. The predicted octanol–water partition coefficient (Wildman–Crippen LogP) is 2.52. The Labute approximate surface area is 109 Å². The van der Waals surface area contributed by atoms with Gasteiger partial charge < -0.3 is 14.8 Å². The van der Waals surface area contributed by atoms with Crippen LogP contribution in [0.4, 0.5) is 0 Å². The molecule has 1 heterocycles. The topological polar surface area (TPSA) is 30.5 Å². The molecule has 1 aromatic carbocycles. The minimum atomic E-state index is 0.244. The van der Waals surface area contributed by atoms with Crippen LogP contribution in [-0.2, 0) is 11.2 Å². The van der Waals surface area contributed by atoms with Gasteiger partial charge in [-0.3, -0.25) is 0 Å². The molecule has 0 aromatic heterocycles. The molecular formula is C15H21NO2. The Balaban J connectivity index is 2.12. The van der Waals surface area contributed by atoms with Crippen molar-refractivity contribution >= 4 is 0 Å². The average molecular weight is 247 g/mol. The van der Waals surface area contributed by atoms with Crippen molar-refractivity contribution in [1.29, 1.82) is 0 Å². The van der Waals surface area contributed by atoms with Crippen molar-refractivity contribution < 1.29 is 9.47 Å². The summed E-state index contributed by atoms with van der Waals surface area (Å²) in [6.07, 6.45) is 4.09. The molecule has 2 rings (SSSR count). The van der Waals surface area contributed by atoms with Gasteiger partial charge in [-0.2, -0.15) is 0 Å². The van der Waals surface area contributed by atoms with Gasteiger partial charge in [0.15, 0.2) is 0 Å². The molecule has 18 heavy (non-hydrogen) atoms. The van der Waals surface area contributed by atoms with E-state index in [1.54, 1.807) is 7.11 Å². The maximum Gasteiger partial charge on any atom is 0.122 e. The fourth-order valence-corrected chi connectivity index (χ4v) is 2.29. The summed E-state index contributed by atoms with van der Waals surface area (Å²) in [6, 6.07) is 8.40. The molecule has 0 spiro atoms. The van der Waals surface area contributed by atoms with Gasteiger partial charge in [0.1, 0.15) is 11.5 Å². The first kappa shape index (κ1) is 13.0. The van der Waals surface area contributed by atoms with E-state index in [1.807, 2.05) is 18.2 Å². The van der Waals surface area contributed by atoms with E-state index in [-0.39, 0.29) is 6.04 Å². The Morgan fingerprint density at radius 2 is 2.22 bits per heavy atom. The molecule has 3 nitrogen and oxygen atoms in total. The van der Waals surface area contributed by atoms with Crippen molar-refractivity contribution in [2.24, 2.45) is 0 Å². The molecule has 1 aliphatic rings. The number of likely N-dealkylation sites (N-methyl/N-ethyl adjacent to an activating group) is 1. The minimum absolute atomic E-state index is 0.244. The van der Waals surface area contributed by atoms with E-state index in [0.717, 1.165) is 37.5 Å². The van der Waals surface area contributed by atoms with Crippen molar-refractivity contribution in [2.75, 3.05) is 20.3 Å². The molecule has 3 heteroatoms. The summed E-state index contributed by atoms with van der Waals surface area (Å²) in [5, 5.41) is 3.48. The molecule has 0 bridgehead atoms. The summed E-state index contributed by atoms with van der Waals surface area (Å²) in [4.78, 5) is 0. The zero-order valence-corrected chi connectivity index (χ0v) is 11.1. The Hall–Kier alpha value is -1.48. The van der Waals surface area contributed by atoms with Gasteiger partial charge in [0.2, 0.25) is 0 Å². The second-order valence-electron chi connectivity index (χ2n) is 4.37. The number of para-hydroxylation sites is 1. The number of ether oxygens (including phenoxy) is 2. The Morgan fingerprint density at radius 1 is 1.39 bits per heavy atom. The van der Waals surface area contributed by atoms with Crippen molar-refractivity contribution in [2.45, 2.75) is 25.8 Å². The number of nitrogens with one attached hydrogen (secondary N) is 1. The van der Waals surface area contributed by atoms with Gasteiger partial charge in [-0.25, -0.2) is 0 Å². The molecule has 0 radical (unpaired) electrons. The van der Waals surface area contributed by atoms with Crippen LogP contribution in [0.1, 0.15) is 18.9 Å². The second-order valence-corrected chi connectivity index (χ2v) is 4.37. The molecule has 0 fully saturated rings. The Kier molecular flexibility index (Phi) is 4.65. The molecule has 1 N–H and O–H groups in total. The van der Waals surface area contributed by atoms with Crippen LogP contribution in [0.15, 0.2) is 36.1 Å². The lowest BCUT2D eigenvalue weighted by Gasteiger charge is -2.20. The van der Waals surface area contributed by atoms with Crippen molar-refractivity contribution in [3.8, 4) is 5.75 Å². The Bertz CT molecular complexity index is 415. The quantitative estimate of drug-likeness (QED) is 0.838. The van der Waals surface area contributed by atoms with Gasteiger partial charge >= 0.3 is 0 Å². The van der Waals surface area contributed by atoms with Crippen molar-refractivity contribution in [1.82, 2.24) is 5.32 Å². The fourth-order valence-electron chi connectivity index (χ4n) is 2.29. The lowest BCUT2D eigenvalue weighted by molar-refractivity contribution is 0.214. The van der Waals surface area contributed by atoms with Crippen LogP contribution in [0, 0.1) is 0 Å². The molecule has 1 unspecified atom stereocenters. The predicted molar refractivity (Wildman–Crippen MR) is 72.8 cm³/mol. The molecule has 0 saturated heterocycles. The van der Waals surface area contributed by atoms with Crippen LogP contribution in [0.3, 0.4) is 0 Å². The molecule has 0 aliphatic carbocycles. The van der Waals surface area contributed by atoms with Crippen molar-refractivity contribution in [3.05, 3.63) is 41.7 Å². The largest absolute Gasteiger partial charge is 0.496 e. The summed E-state index contributed by atoms with van der Waals surface area (Å²) >= 11 is 0. The van der Waals surface area contributed by atoms with Gasteiger partial charge in [0.05, 0.1) is 19.8 Å². The first-order valence-electron chi connectivity index (χ1n) is 6.53. The second kappa shape index (κ2) is 6.45. The molecule has 1 aromatic rings. The highest BCUT2D eigenvalue weighted by Crippen LogP contribution is 2.23. The number of rotatable bonds is 6. The molecule has 98 valence electrons. The van der Waals surface area contributed by atoms with Gasteiger partial charge in [-0.15, -0.1) is 0 Å². The molecule has 1 atom stereocenters. The number of hydrogen-bond donors (Lipinski definition) is 1. The molecular weight excluding hydrogens is 226 g/mol. The van der Waals surface area contributed by atoms with E-state index >= 15 is 0 Å². The van der Waals surface area contributed by atoms with Crippen LogP contribution in [-0.4, -0.2) is 26.3 Å². The molecule has 1 aliphatic heterocycles. The van der Waals surface area contributed by atoms with Gasteiger partial charge in [-0.1, -0.05) is 25.1 Å². The van der Waals surface area contributed by atoms with E-state index in [1.165, 1.54) is 5.56 Å². The highest BCUT2D eigenvalue weighted by Gasteiger charge is 2.19. The summed E-state index contributed by atoms with van der Waals surface area (Å²) in [5.74, 6) is 2.02. The van der Waals surface area contributed by atoms with E-state index in [0.29, 0.717) is 0 Å². The van der Waals surface area contributed by atoms with E-state index in [4.69, 9.17) is 9.47 Å². The molecule has 0 saturated carbocycles. The first-order chi connectivity index (χ1) is 8.85. The van der Waals surface area contributed by atoms with Gasteiger partial charge in [-0.05, 0) is 30.7 Å². The van der Waals surface area contributed by atoms with E-state index in [9.17, 15) is 0 Å². The number of hydrogen-bond acceptors (Lipinski definition) is 3. The maximum absolute atomic E-state index is 5.67. The number of methoxy groups -OCH3 is 1. The third-order valence-electron chi connectivity index (χ3n) is 3.14. The monoisotopic (exact) mass is 247 g/mol. The smallest absolute Gasteiger partial charge is 0.122 e. The van der Waals surface area contributed by atoms with Crippen LogP contribution in [0.2, 0.25) is 0 Å². The van der Waals surface area contributed by atoms with Crippen LogP contribution in [0.25, 0.3) is 0 Å². The highest BCUT2D eigenvalue weighted by atomic mass is 16.5. The lowest BCUT2D eigenvalue weighted by Crippen LogP contribution is -2.33. The summed E-state index contributed by atoms with van der Waals surface area (Å²) in [5.41, 5.74) is 1.21. The van der Waals surface area contributed by atoms with E-state index in [2.05, 4.69) is 24.4 Å². The SMILES string of the molecule is CCNC(Cc1ccccc1OC)C1=CCCO1. The van der Waals surface area contributed by atoms with Gasteiger partial charge in [0.25, 0.3) is 0 Å². The summed E-state index contributed by atoms with van der Waals surface area (Å²) in [6.45, 7) is 3.86. The Morgan fingerprint density at radius 3 is 2.89 bits per heavy atom. The van der Waals surface area contributed by atoms with Crippen LogP contribution >= 0.6 is 0 Å². The van der Waals surface area contributed by atoms with Gasteiger partial charge in [0, 0.05) is 6.42 Å². The van der Waals surface area contributed by atoms with Crippen molar-refractivity contribution in [3.63, 3.8) is 0 Å². The number of benzene rings is 1. The lowest BCUT2D eigenvalue weighted by atomic mass is 10.0. The first-order valence-corrected chi connectivity index (χ1v) is 6.53. The van der Waals surface area contributed by atoms with Crippen LogP contribution in [0.5, 0.6) is 5.75 Å². The third kappa shape index (κ3) is 3.05. The highest BCUT2D eigenvalue weighted by molar-refractivity contribution is 5.34. The fraction of sp³-hybridized carbons (Fsp3) is 0.467. The standard InChI is InChI=1S/C15H21NO2/c1-3-16-13(15-9-6-10-18-15)11-12-7-4-5-8-14(12)17-2/h4-5,7-9,13,16H,3,6,10-11H2,1-2H3. The average Bonchev–Trinajstić information content (AvgIpc) is 2.92. The summed E-state index contributed by atoms with van der Waals surface area (Å²) < 4.78 is 11.1. The summed E-state index contributed by atoms with van der Waals surface area (Å²) in [7, 11) is 1.71. The third-order valence-corrected chi connectivity index (χ3v) is 3.14. The minimum Gasteiger partial charge on any atom is -0.496 e. The zero-order valence-electron chi connectivity index (χ0n) is 11.1. The normalized spacial score (nSPS) is 16.0. The maximum atomic E-state index is 5.67. The zero-order chi connectivity index (χ0) is 12.8. The van der Waals surface area contributed by atoms with Crippen LogP contribution < -0.4 is 10.1 Å². The van der Waals surface area contributed by atoms with E-state index < -0.39 is 0 Å².